The van der Waals surface area contributed by atoms with Gasteiger partial charge < -0.3 is 15.2 Å². The molecule has 0 aliphatic carbocycles. The maximum absolute atomic E-state index is 11.5. The fourth-order valence-corrected chi connectivity index (χ4v) is 4.06. The molecular weight excluding hydrogens is 449 g/mol. The van der Waals surface area contributed by atoms with Crippen molar-refractivity contribution in [1.82, 2.24) is 10.2 Å². The van der Waals surface area contributed by atoms with E-state index in [9.17, 15) is 9.90 Å². The van der Waals surface area contributed by atoms with Gasteiger partial charge in [-0.25, -0.2) is 0 Å². The number of hydrogen-bond donors (Lipinski definition) is 3. The van der Waals surface area contributed by atoms with Gasteiger partial charge in [-0.3, -0.25) is 15.0 Å². The Hall–Kier alpha value is -1.83. The Kier molecular flexibility index (Phi) is 8.42. The maximum atomic E-state index is 11.5. The van der Waals surface area contributed by atoms with Gasteiger partial charge >= 0.3 is 0 Å². The highest BCUT2D eigenvalue weighted by atomic mass is 35.5. The molecule has 0 aromatic heterocycles. The number of piperidine rings is 1. The summed E-state index contributed by atoms with van der Waals surface area (Å²) in [6, 6.07) is 13.2. The molecule has 3 N–H and O–H groups in total. The molecule has 1 heterocycles. The predicted octanol–water partition coefficient (Wildman–Crippen LogP) is 4.68. The van der Waals surface area contributed by atoms with Crippen molar-refractivity contribution in [3.05, 3.63) is 58.1 Å². The Balaban J connectivity index is 1.59. The number of anilines is 1. The van der Waals surface area contributed by atoms with E-state index < -0.39 is 11.8 Å². The molecule has 2 aromatic carbocycles. The Labute approximate surface area is 199 Å². The second kappa shape index (κ2) is 10.9. The second-order valence-corrected chi connectivity index (χ2v) is 9.61. The van der Waals surface area contributed by atoms with Crippen molar-refractivity contribution in [3.63, 3.8) is 0 Å². The zero-order chi connectivity index (χ0) is 23.3. The fraction of sp³-hybridized carbons (Fsp3) is 0.458. The first-order valence-electron chi connectivity index (χ1n) is 10.8. The number of aliphatic hydroxyl groups is 1. The number of amides is 1. The molecule has 0 bridgehead atoms. The van der Waals surface area contributed by atoms with Crippen molar-refractivity contribution in [2.75, 3.05) is 18.4 Å². The van der Waals surface area contributed by atoms with Crippen LogP contribution in [0.25, 0.3) is 0 Å². The number of nitrogens with one attached hydrogen (secondary N) is 2. The van der Waals surface area contributed by atoms with Gasteiger partial charge in [0.15, 0.2) is 6.23 Å². The smallest absolute Gasteiger partial charge is 0.221 e. The molecule has 1 amide bonds. The summed E-state index contributed by atoms with van der Waals surface area (Å²) in [7, 11) is 0. The quantitative estimate of drug-likeness (QED) is 0.479. The number of benzene rings is 2. The molecule has 2 aromatic rings. The van der Waals surface area contributed by atoms with Crippen LogP contribution >= 0.6 is 23.2 Å². The van der Waals surface area contributed by atoms with Gasteiger partial charge in [0, 0.05) is 19.5 Å². The number of hydrogen-bond acceptors (Lipinski definition) is 5. The average Bonchev–Trinajstić information content (AvgIpc) is 2.72. The Morgan fingerprint density at radius 2 is 1.88 bits per heavy atom. The van der Waals surface area contributed by atoms with Crippen LogP contribution in [-0.2, 0) is 11.3 Å². The molecule has 1 fully saturated rings. The molecule has 1 unspecified atom stereocenters. The van der Waals surface area contributed by atoms with Gasteiger partial charge in [-0.1, -0.05) is 41.4 Å². The van der Waals surface area contributed by atoms with Crippen LogP contribution in [-0.4, -0.2) is 46.9 Å². The van der Waals surface area contributed by atoms with Crippen molar-refractivity contribution in [2.45, 2.75) is 58.0 Å². The second-order valence-electron chi connectivity index (χ2n) is 8.79. The summed E-state index contributed by atoms with van der Waals surface area (Å²) in [6.07, 6.45) is 1.21. The number of carbonyl (C=O) groups excluding carboxylic acids is 1. The molecule has 8 heteroatoms. The summed E-state index contributed by atoms with van der Waals surface area (Å²) in [5.41, 5.74) is 0.589. The Bertz CT molecular complexity index is 925. The van der Waals surface area contributed by atoms with Gasteiger partial charge in [-0.2, -0.15) is 0 Å². The number of carbonyl (C=O) groups is 1. The Morgan fingerprint density at radius 3 is 2.50 bits per heavy atom. The molecule has 1 saturated heterocycles. The summed E-state index contributed by atoms with van der Waals surface area (Å²) in [5.74, 6) is 0.336. The summed E-state index contributed by atoms with van der Waals surface area (Å²) < 4.78 is 6.14. The van der Waals surface area contributed by atoms with Gasteiger partial charge in [-0.15, -0.1) is 0 Å². The summed E-state index contributed by atoms with van der Waals surface area (Å²) in [5, 5.41) is 18.1. The van der Waals surface area contributed by atoms with Crippen LogP contribution in [0.1, 0.15) is 39.2 Å². The van der Waals surface area contributed by atoms with Crippen molar-refractivity contribution in [2.24, 2.45) is 0 Å². The van der Waals surface area contributed by atoms with Gasteiger partial charge in [-0.05, 0) is 69.6 Å². The fourth-order valence-electron chi connectivity index (χ4n) is 3.74. The molecule has 0 radical (unpaired) electrons. The van der Waals surface area contributed by atoms with Gasteiger partial charge in [0.2, 0.25) is 5.91 Å². The van der Waals surface area contributed by atoms with Crippen molar-refractivity contribution in [1.29, 1.82) is 0 Å². The van der Waals surface area contributed by atoms with Crippen LogP contribution in [0, 0.1) is 0 Å². The maximum Gasteiger partial charge on any atom is 0.221 e. The highest BCUT2D eigenvalue weighted by molar-refractivity contribution is 6.42. The van der Waals surface area contributed by atoms with Gasteiger partial charge in [0.05, 0.1) is 15.7 Å². The standard InChI is InChI=1S/C24H31Cl2N3O3/c1-16(30)27-21-6-4-5-7-22(21)32-23(24(2,3)31)28-18-10-12-29(13-11-18)15-17-8-9-19(25)20(26)14-17/h4-9,14,18,23,28,31H,10-13,15H2,1-3H3,(H,27,30). The van der Waals surface area contributed by atoms with Crippen LogP contribution in [0.4, 0.5) is 5.69 Å². The van der Waals surface area contributed by atoms with E-state index in [1.165, 1.54) is 6.92 Å². The van der Waals surface area contributed by atoms with Crippen LogP contribution in [0.2, 0.25) is 10.0 Å². The number of ether oxygens (including phenoxy) is 1. The first-order chi connectivity index (χ1) is 15.1. The van der Waals surface area contributed by atoms with Gasteiger partial charge in [0.25, 0.3) is 0 Å². The molecular formula is C24H31Cl2N3O3. The number of rotatable bonds is 8. The lowest BCUT2D eigenvalue weighted by Gasteiger charge is -2.38. The zero-order valence-corrected chi connectivity index (χ0v) is 20.2. The topological polar surface area (TPSA) is 73.8 Å². The van der Waals surface area contributed by atoms with E-state index in [4.69, 9.17) is 27.9 Å². The van der Waals surface area contributed by atoms with Crippen molar-refractivity contribution >= 4 is 34.8 Å². The zero-order valence-electron chi connectivity index (χ0n) is 18.7. The largest absolute Gasteiger partial charge is 0.470 e. The molecule has 6 nitrogen and oxygen atoms in total. The lowest BCUT2D eigenvalue weighted by atomic mass is 10.0. The number of para-hydroxylation sites is 2. The Morgan fingerprint density at radius 1 is 1.19 bits per heavy atom. The van der Waals surface area contributed by atoms with E-state index in [1.807, 2.05) is 30.3 Å². The first-order valence-corrected chi connectivity index (χ1v) is 11.6. The van der Waals surface area contributed by atoms with Gasteiger partial charge in [0.1, 0.15) is 11.4 Å². The van der Waals surface area contributed by atoms with E-state index in [2.05, 4.69) is 15.5 Å². The van der Waals surface area contributed by atoms with Crippen LogP contribution in [0.5, 0.6) is 5.75 Å². The van der Waals surface area contributed by atoms with E-state index in [0.29, 0.717) is 21.5 Å². The minimum absolute atomic E-state index is 0.178. The normalized spacial score (nSPS) is 16.6. The molecule has 1 atom stereocenters. The minimum Gasteiger partial charge on any atom is -0.470 e. The number of halogens is 2. The summed E-state index contributed by atoms with van der Waals surface area (Å²) in [6.45, 7) is 7.53. The molecule has 1 aliphatic heterocycles. The van der Waals surface area contributed by atoms with E-state index in [-0.39, 0.29) is 11.9 Å². The monoisotopic (exact) mass is 479 g/mol. The lowest BCUT2D eigenvalue weighted by molar-refractivity contribution is -0.114. The number of likely N-dealkylation sites (tertiary alicyclic amines) is 1. The summed E-state index contributed by atoms with van der Waals surface area (Å²) in [4.78, 5) is 13.9. The SMILES string of the molecule is CC(=O)Nc1ccccc1OC(NC1CCN(Cc2ccc(Cl)c(Cl)c2)CC1)C(C)(C)O. The molecule has 0 saturated carbocycles. The van der Waals surface area contributed by atoms with Crippen molar-refractivity contribution in [3.8, 4) is 5.75 Å². The molecule has 32 heavy (non-hydrogen) atoms. The van der Waals surface area contributed by atoms with E-state index in [0.717, 1.165) is 38.0 Å². The average molecular weight is 480 g/mol. The highest BCUT2D eigenvalue weighted by Gasteiger charge is 2.32. The summed E-state index contributed by atoms with van der Waals surface area (Å²) >= 11 is 12.2. The lowest BCUT2D eigenvalue weighted by Crippen LogP contribution is -2.56. The molecule has 174 valence electrons. The van der Waals surface area contributed by atoms with Crippen LogP contribution < -0.4 is 15.4 Å². The van der Waals surface area contributed by atoms with Crippen molar-refractivity contribution < 1.29 is 14.6 Å². The van der Waals surface area contributed by atoms with Crippen LogP contribution in [0.15, 0.2) is 42.5 Å². The molecule has 1 aliphatic rings. The molecule has 3 rings (SSSR count). The molecule has 0 spiro atoms. The highest BCUT2D eigenvalue weighted by Crippen LogP contribution is 2.28. The number of nitrogens with zero attached hydrogens (tertiary/aromatic N) is 1. The third-order valence-corrected chi connectivity index (χ3v) is 6.19. The van der Waals surface area contributed by atoms with Crippen LogP contribution in [0.3, 0.4) is 0 Å². The predicted molar refractivity (Wildman–Crippen MR) is 129 cm³/mol. The van der Waals surface area contributed by atoms with E-state index in [1.54, 1.807) is 26.0 Å². The third-order valence-electron chi connectivity index (χ3n) is 5.45. The van der Waals surface area contributed by atoms with E-state index >= 15 is 0 Å². The first kappa shape index (κ1) is 24.8. The third kappa shape index (κ3) is 7.09. The minimum atomic E-state index is -1.12.